The molecule has 0 aliphatic rings. The molecule has 0 aliphatic heterocycles. The van der Waals surface area contributed by atoms with Crippen molar-refractivity contribution >= 4 is 23.3 Å². The molecule has 0 saturated heterocycles. The topological polar surface area (TPSA) is 105 Å². The van der Waals surface area contributed by atoms with E-state index in [2.05, 4.69) is 0 Å². The number of carbonyl (C=O) groups is 2. The number of hydrogen-bond acceptors (Lipinski definition) is 6. The molecule has 0 radical (unpaired) electrons. The predicted octanol–water partition coefficient (Wildman–Crippen LogP) is 3.43. The Bertz CT molecular complexity index is 933. The quantitative estimate of drug-likeness (QED) is 0.409. The molecular formula is C21H18N2O4. The summed E-state index contributed by atoms with van der Waals surface area (Å²) in [6.45, 7) is 0.107. The van der Waals surface area contributed by atoms with Crippen molar-refractivity contribution in [1.82, 2.24) is 0 Å². The molecule has 0 bridgehead atoms. The summed E-state index contributed by atoms with van der Waals surface area (Å²) in [7, 11) is 0. The number of benzene rings is 3. The summed E-state index contributed by atoms with van der Waals surface area (Å²) >= 11 is 0. The van der Waals surface area contributed by atoms with Gasteiger partial charge in [0, 0.05) is 11.4 Å². The molecule has 4 N–H and O–H groups in total. The van der Waals surface area contributed by atoms with Gasteiger partial charge in [0.1, 0.15) is 12.4 Å². The maximum Gasteiger partial charge on any atom is 0.343 e. The van der Waals surface area contributed by atoms with Crippen LogP contribution in [0, 0.1) is 0 Å². The summed E-state index contributed by atoms with van der Waals surface area (Å²) in [6.07, 6.45) is 0. The van der Waals surface area contributed by atoms with E-state index in [4.69, 9.17) is 20.9 Å². The molecule has 3 rings (SSSR count). The van der Waals surface area contributed by atoms with Crippen LogP contribution in [0.2, 0.25) is 0 Å². The number of anilines is 2. The van der Waals surface area contributed by atoms with Gasteiger partial charge >= 0.3 is 11.9 Å². The van der Waals surface area contributed by atoms with E-state index in [0.717, 1.165) is 5.56 Å². The van der Waals surface area contributed by atoms with Gasteiger partial charge in [-0.05, 0) is 66.2 Å². The third-order valence-corrected chi connectivity index (χ3v) is 3.80. The number of carbonyl (C=O) groups excluding carboxylic acids is 2. The molecule has 6 heteroatoms. The SMILES string of the molecule is Nc1ccc(C(=O)OCc2ccc(OC(=O)c3ccc(N)cc3)cc2)cc1. The number of rotatable bonds is 5. The molecule has 0 heterocycles. The molecule has 0 unspecified atom stereocenters. The second-order valence-corrected chi connectivity index (χ2v) is 5.85. The molecule has 0 saturated carbocycles. The summed E-state index contributed by atoms with van der Waals surface area (Å²) < 4.78 is 10.6. The minimum absolute atomic E-state index is 0.107. The average molecular weight is 362 g/mol. The van der Waals surface area contributed by atoms with Crippen molar-refractivity contribution < 1.29 is 19.1 Å². The van der Waals surface area contributed by atoms with E-state index in [-0.39, 0.29) is 6.61 Å². The highest BCUT2D eigenvalue weighted by atomic mass is 16.5. The second kappa shape index (κ2) is 8.05. The molecule has 0 fully saturated rings. The third kappa shape index (κ3) is 4.85. The zero-order chi connectivity index (χ0) is 19.2. The highest BCUT2D eigenvalue weighted by Crippen LogP contribution is 2.16. The van der Waals surface area contributed by atoms with Crippen LogP contribution in [0.15, 0.2) is 72.8 Å². The smallest absolute Gasteiger partial charge is 0.343 e. The van der Waals surface area contributed by atoms with Crippen LogP contribution in [0.5, 0.6) is 5.75 Å². The fourth-order valence-electron chi connectivity index (χ4n) is 2.29. The van der Waals surface area contributed by atoms with Gasteiger partial charge in [0.25, 0.3) is 0 Å². The molecular weight excluding hydrogens is 344 g/mol. The van der Waals surface area contributed by atoms with Crippen LogP contribution in [0.25, 0.3) is 0 Å². The zero-order valence-corrected chi connectivity index (χ0v) is 14.4. The Morgan fingerprint density at radius 1 is 0.667 bits per heavy atom. The van der Waals surface area contributed by atoms with Crippen LogP contribution in [0.1, 0.15) is 26.3 Å². The van der Waals surface area contributed by atoms with Crippen molar-refractivity contribution in [3.8, 4) is 5.75 Å². The van der Waals surface area contributed by atoms with Crippen molar-refractivity contribution in [2.75, 3.05) is 11.5 Å². The van der Waals surface area contributed by atoms with E-state index in [1.807, 2.05) is 0 Å². The summed E-state index contributed by atoms with van der Waals surface area (Å²) in [5, 5.41) is 0. The first-order valence-electron chi connectivity index (χ1n) is 8.20. The van der Waals surface area contributed by atoms with Gasteiger partial charge in [-0.1, -0.05) is 12.1 Å². The lowest BCUT2D eigenvalue weighted by molar-refractivity contribution is 0.0472. The standard InChI is InChI=1S/C21H18N2O4/c22-17-7-3-15(4-8-17)20(24)26-13-14-1-11-19(12-2-14)27-21(25)16-5-9-18(23)10-6-16/h1-12H,13,22-23H2. The second-order valence-electron chi connectivity index (χ2n) is 5.85. The van der Waals surface area contributed by atoms with Crippen molar-refractivity contribution in [3.05, 3.63) is 89.5 Å². The van der Waals surface area contributed by atoms with Crippen molar-refractivity contribution in [3.63, 3.8) is 0 Å². The van der Waals surface area contributed by atoms with Gasteiger partial charge in [-0.25, -0.2) is 9.59 Å². The maximum atomic E-state index is 12.1. The zero-order valence-electron chi connectivity index (χ0n) is 14.4. The van der Waals surface area contributed by atoms with Crippen molar-refractivity contribution in [2.45, 2.75) is 6.61 Å². The molecule has 0 aliphatic carbocycles. The Morgan fingerprint density at radius 2 is 1.15 bits per heavy atom. The van der Waals surface area contributed by atoms with E-state index >= 15 is 0 Å². The van der Waals surface area contributed by atoms with Gasteiger partial charge < -0.3 is 20.9 Å². The van der Waals surface area contributed by atoms with E-state index in [9.17, 15) is 9.59 Å². The molecule has 136 valence electrons. The summed E-state index contributed by atoms with van der Waals surface area (Å²) in [6, 6.07) is 19.7. The first kappa shape index (κ1) is 18.0. The van der Waals surface area contributed by atoms with Crippen LogP contribution in [-0.4, -0.2) is 11.9 Å². The Kier molecular flexibility index (Phi) is 5.37. The van der Waals surface area contributed by atoms with Gasteiger partial charge in [0.15, 0.2) is 0 Å². The number of esters is 2. The molecule has 0 amide bonds. The first-order chi connectivity index (χ1) is 13.0. The van der Waals surface area contributed by atoms with Gasteiger partial charge in [-0.3, -0.25) is 0 Å². The minimum Gasteiger partial charge on any atom is -0.457 e. The fourth-order valence-corrected chi connectivity index (χ4v) is 2.29. The van der Waals surface area contributed by atoms with E-state index < -0.39 is 11.9 Å². The number of hydrogen-bond donors (Lipinski definition) is 2. The molecule has 6 nitrogen and oxygen atoms in total. The third-order valence-electron chi connectivity index (χ3n) is 3.80. The lowest BCUT2D eigenvalue weighted by atomic mass is 10.2. The highest BCUT2D eigenvalue weighted by molar-refractivity contribution is 5.91. The average Bonchev–Trinajstić information content (AvgIpc) is 2.68. The minimum atomic E-state index is -0.475. The number of ether oxygens (including phenoxy) is 2. The van der Waals surface area contributed by atoms with Gasteiger partial charge in [0.05, 0.1) is 11.1 Å². The largest absolute Gasteiger partial charge is 0.457 e. The summed E-state index contributed by atoms with van der Waals surface area (Å²) in [5.41, 5.74) is 13.9. The van der Waals surface area contributed by atoms with Crippen LogP contribution in [0.4, 0.5) is 11.4 Å². The van der Waals surface area contributed by atoms with Gasteiger partial charge in [-0.2, -0.15) is 0 Å². The first-order valence-corrected chi connectivity index (χ1v) is 8.20. The lowest BCUT2D eigenvalue weighted by Crippen LogP contribution is -2.08. The van der Waals surface area contributed by atoms with Crippen LogP contribution in [-0.2, 0) is 11.3 Å². The van der Waals surface area contributed by atoms with Gasteiger partial charge in [-0.15, -0.1) is 0 Å². The Morgan fingerprint density at radius 3 is 1.67 bits per heavy atom. The Labute approximate surface area is 156 Å². The number of nitrogens with two attached hydrogens (primary N) is 2. The molecule has 27 heavy (non-hydrogen) atoms. The molecule has 3 aromatic rings. The fraction of sp³-hybridized carbons (Fsp3) is 0.0476. The van der Waals surface area contributed by atoms with Crippen LogP contribution in [0.3, 0.4) is 0 Å². The molecule has 0 atom stereocenters. The highest BCUT2D eigenvalue weighted by Gasteiger charge is 2.09. The lowest BCUT2D eigenvalue weighted by Gasteiger charge is -2.07. The summed E-state index contributed by atoms with van der Waals surface area (Å²) in [5.74, 6) is -0.517. The molecule has 3 aromatic carbocycles. The number of nitrogen functional groups attached to an aromatic ring is 2. The monoisotopic (exact) mass is 362 g/mol. The molecule has 0 spiro atoms. The van der Waals surface area contributed by atoms with Crippen LogP contribution < -0.4 is 16.2 Å². The van der Waals surface area contributed by atoms with Crippen molar-refractivity contribution in [2.24, 2.45) is 0 Å². The van der Waals surface area contributed by atoms with E-state index in [1.54, 1.807) is 72.8 Å². The van der Waals surface area contributed by atoms with E-state index in [0.29, 0.717) is 28.3 Å². The Balaban J connectivity index is 1.55. The molecule has 0 aromatic heterocycles. The predicted molar refractivity (Wildman–Crippen MR) is 102 cm³/mol. The van der Waals surface area contributed by atoms with Crippen LogP contribution >= 0.6 is 0 Å². The van der Waals surface area contributed by atoms with Crippen molar-refractivity contribution in [1.29, 1.82) is 0 Å². The Hall–Kier alpha value is -3.80. The van der Waals surface area contributed by atoms with E-state index in [1.165, 1.54) is 0 Å². The van der Waals surface area contributed by atoms with Gasteiger partial charge in [0.2, 0.25) is 0 Å². The summed E-state index contributed by atoms with van der Waals surface area (Å²) in [4.78, 5) is 24.0. The maximum absolute atomic E-state index is 12.1. The normalized spacial score (nSPS) is 10.2.